The van der Waals surface area contributed by atoms with Crippen molar-refractivity contribution in [2.75, 3.05) is 18.5 Å². The van der Waals surface area contributed by atoms with E-state index in [9.17, 15) is 9.59 Å². The van der Waals surface area contributed by atoms with Crippen LogP contribution in [-0.4, -0.2) is 25.1 Å². The normalized spacial score (nSPS) is 11.1. The summed E-state index contributed by atoms with van der Waals surface area (Å²) in [5.74, 6) is 0.0620. The Labute approximate surface area is 187 Å². The van der Waals surface area contributed by atoms with E-state index in [-0.39, 0.29) is 23.9 Å². The number of carbonyl (C=O) groups excluding carboxylic acids is 2. The Hall–Kier alpha value is -2.34. The molecule has 0 fully saturated rings. The molecule has 1 N–H and O–H groups in total. The molecule has 1 amide bonds. The maximum absolute atomic E-state index is 12.3. The standard InChI is InChI=1S/C24H30BrNO4/c1-5-6-7-14-29-23(28)17-8-11-19(12-9-17)26-22(27)16-30-21-13-10-18(25)15-20(21)24(2,3)4/h8-13,15H,5-7,14,16H2,1-4H3,(H,26,27). The number of hydrogen-bond acceptors (Lipinski definition) is 4. The fourth-order valence-electron chi connectivity index (χ4n) is 2.84. The van der Waals surface area contributed by atoms with Crippen molar-refractivity contribution >= 4 is 33.5 Å². The number of anilines is 1. The van der Waals surface area contributed by atoms with Crippen LogP contribution in [0.4, 0.5) is 5.69 Å². The molecule has 5 nitrogen and oxygen atoms in total. The van der Waals surface area contributed by atoms with Crippen LogP contribution >= 0.6 is 15.9 Å². The lowest BCUT2D eigenvalue weighted by Crippen LogP contribution is -2.22. The molecule has 0 aliphatic heterocycles. The van der Waals surface area contributed by atoms with E-state index < -0.39 is 0 Å². The minimum atomic E-state index is -0.350. The zero-order valence-corrected chi connectivity index (χ0v) is 19.7. The van der Waals surface area contributed by atoms with E-state index in [1.54, 1.807) is 24.3 Å². The highest BCUT2D eigenvalue weighted by molar-refractivity contribution is 9.10. The van der Waals surface area contributed by atoms with Crippen LogP contribution in [0.3, 0.4) is 0 Å². The largest absolute Gasteiger partial charge is 0.483 e. The van der Waals surface area contributed by atoms with Crippen LogP contribution in [0.1, 0.15) is 62.9 Å². The predicted molar refractivity (Wildman–Crippen MR) is 123 cm³/mol. The van der Waals surface area contributed by atoms with Crippen molar-refractivity contribution in [3.63, 3.8) is 0 Å². The smallest absolute Gasteiger partial charge is 0.338 e. The number of benzene rings is 2. The Morgan fingerprint density at radius 2 is 1.73 bits per heavy atom. The van der Waals surface area contributed by atoms with Gasteiger partial charge in [0.15, 0.2) is 6.61 Å². The predicted octanol–water partition coefficient (Wildman–Crippen LogP) is 6.11. The highest BCUT2D eigenvalue weighted by atomic mass is 79.9. The summed E-state index contributed by atoms with van der Waals surface area (Å²) in [5, 5.41) is 2.78. The maximum atomic E-state index is 12.3. The molecular formula is C24H30BrNO4. The van der Waals surface area contributed by atoms with Crippen molar-refractivity contribution < 1.29 is 19.1 Å². The van der Waals surface area contributed by atoms with Crippen LogP contribution in [-0.2, 0) is 14.9 Å². The molecule has 0 heterocycles. The van der Waals surface area contributed by atoms with Gasteiger partial charge in [0, 0.05) is 15.7 Å². The van der Waals surface area contributed by atoms with Crippen LogP contribution in [0, 0.1) is 0 Å². The number of carbonyl (C=O) groups is 2. The highest BCUT2D eigenvalue weighted by Gasteiger charge is 2.20. The van der Waals surface area contributed by atoms with Crippen molar-refractivity contribution in [1.29, 1.82) is 0 Å². The summed E-state index contributed by atoms with van der Waals surface area (Å²) >= 11 is 3.48. The van der Waals surface area contributed by atoms with Crippen molar-refractivity contribution in [2.24, 2.45) is 0 Å². The lowest BCUT2D eigenvalue weighted by atomic mass is 9.86. The SMILES string of the molecule is CCCCCOC(=O)c1ccc(NC(=O)COc2ccc(Br)cc2C(C)(C)C)cc1. The molecule has 0 aliphatic carbocycles. The van der Waals surface area contributed by atoms with Gasteiger partial charge in [-0.2, -0.15) is 0 Å². The number of esters is 1. The molecule has 6 heteroatoms. The molecule has 2 aromatic carbocycles. The van der Waals surface area contributed by atoms with Gasteiger partial charge in [0.25, 0.3) is 5.91 Å². The van der Waals surface area contributed by atoms with Gasteiger partial charge in [-0.05, 0) is 54.3 Å². The molecule has 0 spiro atoms. The first-order chi connectivity index (χ1) is 14.2. The Balaban J connectivity index is 1.89. The van der Waals surface area contributed by atoms with Gasteiger partial charge in [-0.15, -0.1) is 0 Å². The highest BCUT2D eigenvalue weighted by Crippen LogP contribution is 2.33. The summed E-state index contributed by atoms with van der Waals surface area (Å²) in [4.78, 5) is 24.3. The second-order valence-corrected chi connectivity index (χ2v) is 9.06. The monoisotopic (exact) mass is 475 g/mol. The Morgan fingerprint density at radius 3 is 2.37 bits per heavy atom. The number of halogens is 1. The molecule has 0 saturated carbocycles. The van der Waals surface area contributed by atoms with Crippen LogP contribution in [0.5, 0.6) is 5.75 Å². The van der Waals surface area contributed by atoms with E-state index in [1.165, 1.54) is 0 Å². The summed E-state index contributed by atoms with van der Waals surface area (Å²) in [6, 6.07) is 12.4. The lowest BCUT2D eigenvalue weighted by Gasteiger charge is -2.23. The van der Waals surface area contributed by atoms with E-state index in [0.29, 0.717) is 23.6 Å². The average molecular weight is 476 g/mol. The molecule has 0 saturated heterocycles. The van der Waals surface area contributed by atoms with Crippen LogP contribution in [0.25, 0.3) is 0 Å². The molecule has 0 atom stereocenters. The summed E-state index contributed by atoms with van der Waals surface area (Å²) < 4.78 is 12.0. The van der Waals surface area contributed by atoms with E-state index >= 15 is 0 Å². The van der Waals surface area contributed by atoms with Gasteiger partial charge < -0.3 is 14.8 Å². The third-order valence-electron chi connectivity index (χ3n) is 4.49. The molecular weight excluding hydrogens is 446 g/mol. The zero-order chi connectivity index (χ0) is 22.1. The van der Waals surface area contributed by atoms with E-state index in [1.807, 2.05) is 18.2 Å². The summed E-state index contributed by atoms with van der Waals surface area (Å²) in [7, 11) is 0. The first-order valence-electron chi connectivity index (χ1n) is 10.2. The van der Waals surface area contributed by atoms with Crippen molar-refractivity contribution in [3.8, 4) is 5.75 Å². The molecule has 0 aromatic heterocycles. The number of unbranched alkanes of at least 4 members (excludes halogenated alkanes) is 2. The van der Waals surface area contributed by atoms with Crippen LogP contribution in [0.2, 0.25) is 0 Å². The Bertz CT molecular complexity index is 856. The fourth-order valence-corrected chi connectivity index (χ4v) is 3.21. The molecule has 162 valence electrons. The molecule has 0 radical (unpaired) electrons. The van der Waals surface area contributed by atoms with Gasteiger partial charge in [0.2, 0.25) is 0 Å². The topological polar surface area (TPSA) is 64.6 Å². The van der Waals surface area contributed by atoms with Gasteiger partial charge in [0.05, 0.1) is 12.2 Å². The zero-order valence-electron chi connectivity index (χ0n) is 18.1. The van der Waals surface area contributed by atoms with Crippen molar-refractivity contribution in [1.82, 2.24) is 0 Å². The van der Waals surface area contributed by atoms with Crippen molar-refractivity contribution in [3.05, 3.63) is 58.1 Å². The lowest BCUT2D eigenvalue weighted by molar-refractivity contribution is -0.118. The van der Waals surface area contributed by atoms with Gasteiger partial charge in [-0.1, -0.05) is 56.5 Å². The fraction of sp³-hybridized carbons (Fsp3) is 0.417. The molecule has 0 aliphatic rings. The molecule has 2 aromatic rings. The number of nitrogens with one attached hydrogen (secondary N) is 1. The van der Waals surface area contributed by atoms with Gasteiger partial charge in [-0.3, -0.25) is 4.79 Å². The van der Waals surface area contributed by atoms with Crippen LogP contribution in [0.15, 0.2) is 46.9 Å². The molecule has 0 unspecified atom stereocenters. The first-order valence-corrected chi connectivity index (χ1v) is 11.0. The maximum Gasteiger partial charge on any atom is 0.338 e. The summed E-state index contributed by atoms with van der Waals surface area (Å²) in [6.07, 6.45) is 2.98. The summed E-state index contributed by atoms with van der Waals surface area (Å²) in [6.45, 7) is 8.71. The molecule has 0 bridgehead atoms. The second kappa shape index (κ2) is 11.2. The summed E-state index contributed by atoms with van der Waals surface area (Å²) in [5.41, 5.74) is 1.96. The Kier molecular flexibility index (Phi) is 8.90. The van der Waals surface area contributed by atoms with Gasteiger partial charge in [0.1, 0.15) is 5.75 Å². The molecule has 2 rings (SSSR count). The minimum absolute atomic E-state index is 0.105. The van der Waals surface area contributed by atoms with Gasteiger partial charge in [-0.25, -0.2) is 4.79 Å². The third-order valence-corrected chi connectivity index (χ3v) is 4.99. The van der Waals surface area contributed by atoms with E-state index in [2.05, 4.69) is 48.9 Å². The van der Waals surface area contributed by atoms with Crippen molar-refractivity contribution in [2.45, 2.75) is 52.4 Å². The quantitative estimate of drug-likeness (QED) is 0.350. The second-order valence-electron chi connectivity index (χ2n) is 8.15. The third kappa shape index (κ3) is 7.48. The average Bonchev–Trinajstić information content (AvgIpc) is 2.70. The first kappa shape index (κ1) is 23.9. The number of ether oxygens (including phenoxy) is 2. The number of amides is 1. The van der Waals surface area contributed by atoms with E-state index in [0.717, 1.165) is 29.3 Å². The molecule has 30 heavy (non-hydrogen) atoms. The van der Waals surface area contributed by atoms with Gasteiger partial charge >= 0.3 is 5.97 Å². The number of hydrogen-bond donors (Lipinski definition) is 1. The number of rotatable bonds is 9. The van der Waals surface area contributed by atoms with E-state index in [4.69, 9.17) is 9.47 Å². The van der Waals surface area contributed by atoms with Crippen LogP contribution < -0.4 is 10.1 Å². The Morgan fingerprint density at radius 1 is 1.03 bits per heavy atom. The minimum Gasteiger partial charge on any atom is -0.483 e.